The number of carbonyl (C=O) groups is 1. The fraction of sp³-hybridized carbons (Fsp3) is 0.460. The van der Waals surface area contributed by atoms with Crippen molar-refractivity contribution in [2.45, 2.75) is 88.9 Å². The van der Waals surface area contributed by atoms with Gasteiger partial charge in [0.1, 0.15) is 24.8 Å². The van der Waals surface area contributed by atoms with Crippen molar-refractivity contribution in [2.75, 3.05) is 64.1 Å². The van der Waals surface area contributed by atoms with E-state index in [0.29, 0.717) is 35.8 Å². The number of aromatic nitrogens is 3. The van der Waals surface area contributed by atoms with Crippen molar-refractivity contribution in [2.24, 2.45) is 5.41 Å². The monoisotopic (exact) mass is 1020 g/mol. The summed E-state index contributed by atoms with van der Waals surface area (Å²) in [5.41, 5.74) is 3.44. The van der Waals surface area contributed by atoms with Crippen LogP contribution in [-0.4, -0.2) is 112 Å². The zero-order valence-corrected chi connectivity index (χ0v) is 42.9. The smallest absolute Gasteiger partial charge is 0.312 e. The van der Waals surface area contributed by atoms with E-state index < -0.39 is 51.8 Å². The number of anilines is 1. The molecule has 374 valence electrons. The van der Waals surface area contributed by atoms with Crippen molar-refractivity contribution in [3.05, 3.63) is 111 Å². The number of fused-ring (bicyclic) bond motifs is 1. The second-order valence-electron chi connectivity index (χ2n) is 20.4. The number of hydrogen-bond acceptors (Lipinski definition) is 13. The van der Waals surface area contributed by atoms with Crippen LogP contribution in [0.2, 0.25) is 30.7 Å². The van der Waals surface area contributed by atoms with E-state index in [1.165, 1.54) is 22.8 Å². The molecule has 3 aliphatic rings. The van der Waals surface area contributed by atoms with Crippen molar-refractivity contribution in [3.8, 4) is 17.2 Å². The Kier molecular flexibility index (Phi) is 15.4. The van der Waals surface area contributed by atoms with Gasteiger partial charge in [0, 0.05) is 96.3 Å². The molecule has 0 unspecified atom stereocenters. The zero-order valence-electron chi connectivity index (χ0n) is 40.3. The number of sulfonamides is 1. The highest BCUT2D eigenvalue weighted by molar-refractivity contribution is 7.90. The Morgan fingerprint density at radius 2 is 1.70 bits per heavy atom. The van der Waals surface area contributed by atoms with Crippen LogP contribution in [-0.2, 0) is 26.2 Å². The Bertz CT molecular complexity index is 2860. The van der Waals surface area contributed by atoms with Gasteiger partial charge < -0.3 is 23.8 Å². The van der Waals surface area contributed by atoms with Gasteiger partial charge in [-0.25, -0.2) is 22.2 Å². The van der Waals surface area contributed by atoms with Gasteiger partial charge in [-0.05, 0) is 90.4 Å². The number of nitrogens with zero attached hydrogens (tertiary/aromatic N) is 6. The molecule has 8 rings (SSSR count). The van der Waals surface area contributed by atoms with E-state index >= 15 is 4.39 Å². The first-order chi connectivity index (χ1) is 33.2. The molecule has 0 radical (unpaired) electrons. The maximum absolute atomic E-state index is 15.3. The molecule has 0 saturated carbocycles. The number of ether oxygens (including phenoxy) is 4. The third-order valence-electron chi connectivity index (χ3n) is 13.2. The number of rotatable bonds is 18. The van der Waals surface area contributed by atoms with Gasteiger partial charge in [-0.2, -0.15) is 0 Å². The lowest BCUT2D eigenvalue weighted by Gasteiger charge is -2.39. The second-order valence-corrected chi connectivity index (χ2v) is 28.1. The number of amides is 1. The van der Waals surface area contributed by atoms with Crippen molar-refractivity contribution < 1.29 is 41.5 Å². The summed E-state index contributed by atoms with van der Waals surface area (Å²) < 4.78 is 69.9. The Morgan fingerprint density at radius 1 is 0.957 bits per heavy atom. The Balaban J connectivity index is 1.04. The molecule has 0 atom stereocenters. The molecular weight excluding hydrogens is 957 g/mol. The SMILES string of the molecule is CC1(C)CCC(CN2CCN(c3ccc(C(=O)NS(=O)(=O)c4ccc(OCC5(F)CCOCC5)c([N+](=O)[O-])c4)c(Oc4cccc5c4nnn5COCC[Si](C)(C)C)c3)CC2)=C(c2ccc(Cl)cc2)C1. The van der Waals surface area contributed by atoms with Crippen LogP contribution in [0.4, 0.5) is 15.8 Å². The van der Waals surface area contributed by atoms with Gasteiger partial charge >= 0.3 is 5.69 Å². The van der Waals surface area contributed by atoms with E-state index in [9.17, 15) is 23.3 Å². The Labute approximate surface area is 414 Å². The molecule has 70 heavy (non-hydrogen) atoms. The summed E-state index contributed by atoms with van der Waals surface area (Å²) in [6.45, 7) is 15.9. The molecule has 1 aromatic heterocycles. The summed E-state index contributed by atoms with van der Waals surface area (Å²) >= 11 is 6.26. The molecule has 1 N–H and O–H groups in total. The highest BCUT2D eigenvalue weighted by Gasteiger charge is 2.35. The highest BCUT2D eigenvalue weighted by atomic mass is 35.5. The standard InChI is InChI=1S/C50H61ClFN7O9SSi/c1-49(2)18-17-36(41(31-49)35-9-11-37(51)12-10-35)32-56-21-23-57(24-22-56)38-13-15-40(46(29-38)68-45-8-6-7-42-47(45)53-55-58(42)34-66-27-28-70(3,4)5)48(60)54-69(63,64)39-14-16-44(43(30-39)59(61)62)67-33-50(52)19-25-65-26-20-50/h6-16,29-30H,17-28,31-34H2,1-5H3,(H,54,60). The fourth-order valence-electron chi connectivity index (χ4n) is 8.92. The first kappa shape index (κ1) is 50.9. The van der Waals surface area contributed by atoms with Gasteiger partial charge in [-0.3, -0.25) is 19.8 Å². The lowest BCUT2D eigenvalue weighted by Crippen LogP contribution is -2.47. The lowest BCUT2D eigenvalue weighted by molar-refractivity contribution is -0.386. The normalized spacial score (nSPS) is 17.7. The third-order valence-corrected chi connectivity index (χ3v) is 16.5. The molecule has 2 aliphatic heterocycles. The van der Waals surface area contributed by atoms with E-state index in [1.54, 1.807) is 28.9 Å². The fourth-order valence-corrected chi connectivity index (χ4v) is 10.8. The molecule has 5 aromatic rings. The summed E-state index contributed by atoms with van der Waals surface area (Å²) in [6, 6.07) is 22.3. The maximum Gasteiger partial charge on any atom is 0.312 e. The molecule has 2 saturated heterocycles. The number of halogens is 2. The summed E-state index contributed by atoms with van der Waals surface area (Å²) in [5.74, 6) is -1.04. The van der Waals surface area contributed by atoms with Gasteiger partial charge in [-0.1, -0.05) is 74.1 Å². The van der Waals surface area contributed by atoms with Gasteiger partial charge in [0.2, 0.25) is 0 Å². The van der Waals surface area contributed by atoms with Crippen LogP contribution in [0.15, 0.2) is 89.3 Å². The molecule has 16 nitrogen and oxygen atoms in total. The first-order valence-corrected chi connectivity index (χ1v) is 29.2. The molecule has 2 fully saturated rings. The van der Waals surface area contributed by atoms with E-state index in [-0.39, 0.29) is 61.0 Å². The number of nitro groups is 1. The van der Waals surface area contributed by atoms with E-state index in [4.69, 9.17) is 30.5 Å². The van der Waals surface area contributed by atoms with Crippen molar-refractivity contribution in [1.29, 1.82) is 0 Å². The number of alkyl halides is 1. The van der Waals surface area contributed by atoms with Crippen LogP contribution >= 0.6 is 11.6 Å². The predicted molar refractivity (Wildman–Crippen MR) is 270 cm³/mol. The minimum atomic E-state index is -4.72. The largest absolute Gasteiger partial charge is 0.483 e. The van der Waals surface area contributed by atoms with E-state index in [1.807, 2.05) is 18.2 Å². The van der Waals surface area contributed by atoms with E-state index in [0.717, 1.165) is 68.8 Å². The van der Waals surface area contributed by atoms with Crippen molar-refractivity contribution >= 4 is 63.6 Å². The van der Waals surface area contributed by atoms with Crippen LogP contribution in [0.1, 0.15) is 61.9 Å². The second kappa shape index (κ2) is 21.1. The van der Waals surface area contributed by atoms with Crippen LogP contribution in [0.5, 0.6) is 17.2 Å². The first-order valence-electron chi connectivity index (χ1n) is 23.7. The summed E-state index contributed by atoms with van der Waals surface area (Å²) in [6.07, 6.45) is 3.22. The molecule has 3 heterocycles. The minimum absolute atomic E-state index is 0.0478. The summed E-state index contributed by atoms with van der Waals surface area (Å²) in [5, 5.41) is 21.6. The number of benzene rings is 4. The number of allylic oxidation sites excluding steroid dienone is 1. The van der Waals surface area contributed by atoms with Crippen molar-refractivity contribution in [3.63, 3.8) is 0 Å². The maximum atomic E-state index is 15.3. The predicted octanol–water partition coefficient (Wildman–Crippen LogP) is 9.90. The van der Waals surface area contributed by atoms with Crippen LogP contribution in [0.3, 0.4) is 0 Å². The van der Waals surface area contributed by atoms with Crippen LogP contribution < -0.4 is 19.1 Å². The molecular formula is C50H61ClFN7O9SSi. The third kappa shape index (κ3) is 12.5. The summed E-state index contributed by atoms with van der Waals surface area (Å²) in [7, 11) is -6.04. The lowest BCUT2D eigenvalue weighted by atomic mass is 9.72. The Morgan fingerprint density at radius 3 is 2.41 bits per heavy atom. The van der Waals surface area contributed by atoms with Gasteiger partial charge in [-0.15, -0.1) is 5.10 Å². The van der Waals surface area contributed by atoms with E-state index in [2.05, 4.69) is 70.5 Å². The average Bonchev–Trinajstić information content (AvgIpc) is 3.74. The van der Waals surface area contributed by atoms with Gasteiger partial charge in [0.15, 0.2) is 17.0 Å². The number of hydrogen-bond donors (Lipinski definition) is 1. The molecule has 20 heteroatoms. The quantitative estimate of drug-likeness (QED) is 0.0380. The van der Waals surface area contributed by atoms with Crippen molar-refractivity contribution in [1.82, 2.24) is 24.6 Å². The highest BCUT2D eigenvalue weighted by Crippen LogP contribution is 2.44. The minimum Gasteiger partial charge on any atom is -0.483 e. The molecule has 0 spiro atoms. The van der Waals surface area contributed by atoms with Gasteiger partial charge in [0.05, 0.1) is 20.9 Å². The Hall–Kier alpha value is -5.44. The molecule has 0 bridgehead atoms. The number of nitro benzene ring substituents is 1. The van der Waals surface area contributed by atoms with Crippen LogP contribution in [0, 0.1) is 15.5 Å². The number of nitrogens with one attached hydrogen (secondary N) is 1. The number of piperazine rings is 1. The topological polar surface area (TPSA) is 180 Å². The number of carbonyl (C=O) groups excluding carboxylic acids is 1. The zero-order chi connectivity index (χ0) is 49.8. The molecule has 4 aromatic carbocycles. The molecule has 1 aliphatic carbocycles. The average molecular weight is 1020 g/mol. The van der Waals surface area contributed by atoms with Crippen LogP contribution in [0.25, 0.3) is 16.6 Å². The summed E-state index contributed by atoms with van der Waals surface area (Å²) in [4.78, 5) is 29.6. The molecule has 1 amide bonds. The van der Waals surface area contributed by atoms with Gasteiger partial charge in [0.25, 0.3) is 15.9 Å².